The van der Waals surface area contributed by atoms with Crippen LogP contribution in [0.15, 0.2) is 84.9 Å². The first kappa shape index (κ1) is 37.0. The maximum atomic E-state index is 12.6. The van der Waals surface area contributed by atoms with Gasteiger partial charge in [-0.25, -0.2) is 9.86 Å². The highest BCUT2D eigenvalue weighted by atomic mass is 35.5. The highest BCUT2D eigenvalue weighted by Crippen LogP contribution is 2.36. The van der Waals surface area contributed by atoms with Crippen LogP contribution in [0.25, 0.3) is 0 Å². The second kappa shape index (κ2) is 15.9. The molecule has 0 heterocycles. The number of hydroxylamine groups is 2. The summed E-state index contributed by atoms with van der Waals surface area (Å²) >= 11 is 11.6. The molecule has 4 rings (SSSR count). The molecule has 0 fully saturated rings. The first-order chi connectivity index (χ1) is 22.0. The van der Waals surface area contributed by atoms with Crippen molar-refractivity contribution < 1.29 is 55.3 Å². The number of hydrogen-bond donors (Lipinski definition) is 1. The molecule has 0 radical (unpaired) electrons. The van der Waals surface area contributed by atoms with Crippen LogP contribution >= 0.6 is 23.2 Å². The molecule has 0 atom stereocenters. The number of alkyl halides is 6. The third-order valence-electron chi connectivity index (χ3n) is 6.21. The van der Waals surface area contributed by atoms with Crippen molar-refractivity contribution >= 4 is 35.1 Å². The number of hydrogen-bond acceptors (Lipinski definition) is 5. The van der Waals surface area contributed by atoms with Gasteiger partial charge in [0.15, 0.2) is 0 Å². The molecule has 1 amide bonds. The number of carbonyl (C=O) groups excluding carboxylic acids is 1. The summed E-state index contributed by atoms with van der Waals surface area (Å²) in [5, 5.41) is 9.65. The standard InChI is InChI=1S/C17H15ClF3NO3.C15H10ClF3O3/c1-22(24-2)16(23)12-5-3-4-11(8-12)10-25-15-7-6-13(9-14(15)18)17(19,20)21;16-12-7-11(15(17,18)19)4-5-13(12)22-8-9-2-1-3-10(6-9)14(20)21/h3-9H,10H2,1-2H3;1-7H,8H2,(H,20,21). The monoisotopic (exact) mass is 703 g/mol. The predicted octanol–water partition coefficient (Wildman–Crippen LogP) is 9.21. The summed E-state index contributed by atoms with van der Waals surface area (Å²) in [7, 11) is 2.85. The molecular formula is C32H25Cl2F6NO6. The van der Waals surface area contributed by atoms with Gasteiger partial charge in [-0.05, 0) is 71.8 Å². The normalized spacial score (nSPS) is 11.3. The number of amides is 1. The van der Waals surface area contributed by atoms with Crippen molar-refractivity contribution in [3.63, 3.8) is 0 Å². The minimum Gasteiger partial charge on any atom is -0.487 e. The average molecular weight is 704 g/mol. The van der Waals surface area contributed by atoms with Crippen molar-refractivity contribution in [2.75, 3.05) is 14.2 Å². The minimum atomic E-state index is -4.47. The van der Waals surface area contributed by atoms with Crippen LogP contribution in [0.4, 0.5) is 26.3 Å². The van der Waals surface area contributed by atoms with Crippen LogP contribution in [0, 0.1) is 0 Å². The molecule has 47 heavy (non-hydrogen) atoms. The summed E-state index contributed by atoms with van der Waals surface area (Å²) in [5.41, 5.74) is 0.00327. The highest BCUT2D eigenvalue weighted by Gasteiger charge is 2.32. The third-order valence-corrected chi connectivity index (χ3v) is 6.81. The maximum absolute atomic E-state index is 12.6. The van der Waals surface area contributed by atoms with Gasteiger partial charge < -0.3 is 14.6 Å². The Morgan fingerprint density at radius 2 is 1.13 bits per heavy atom. The van der Waals surface area contributed by atoms with Crippen LogP contribution in [0.2, 0.25) is 10.0 Å². The third kappa shape index (κ3) is 10.8. The van der Waals surface area contributed by atoms with E-state index in [4.69, 9.17) is 42.6 Å². The Morgan fingerprint density at radius 1 is 0.702 bits per heavy atom. The van der Waals surface area contributed by atoms with E-state index in [0.717, 1.165) is 35.4 Å². The maximum Gasteiger partial charge on any atom is 0.416 e. The molecule has 0 aliphatic rings. The topological polar surface area (TPSA) is 85.3 Å². The van der Waals surface area contributed by atoms with E-state index in [1.54, 1.807) is 36.4 Å². The Hall–Kier alpha value is -4.46. The van der Waals surface area contributed by atoms with E-state index in [1.807, 2.05) is 0 Å². The van der Waals surface area contributed by atoms with Crippen LogP contribution in [-0.4, -0.2) is 36.2 Å². The predicted molar refractivity (Wildman–Crippen MR) is 161 cm³/mol. The molecule has 0 unspecified atom stereocenters. The molecule has 0 aliphatic heterocycles. The number of nitrogens with zero attached hydrogens (tertiary/aromatic N) is 1. The summed E-state index contributed by atoms with van der Waals surface area (Å²) in [4.78, 5) is 27.7. The van der Waals surface area contributed by atoms with E-state index in [-0.39, 0.29) is 46.2 Å². The van der Waals surface area contributed by atoms with Gasteiger partial charge in [-0.1, -0.05) is 47.5 Å². The number of carboxylic acid groups (broad SMARTS) is 1. The molecule has 4 aromatic rings. The molecule has 0 saturated carbocycles. The van der Waals surface area contributed by atoms with Crippen LogP contribution in [-0.2, 0) is 30.4 Å². The van der Waals surface area contributed by atoms with Crippen molar-refractivity contribution in [1.82, 2.24) is 5.06 Å². The van der Waals surface area contributed by atoms with Crippen molar-refractivity contribution in [2.24, 2.45) is 0 Å². The lowest BCUT2D eigenvalue weighted by Gasteiger charge is -2.14. The molecule has 0 aromatic heterocycles. The lowest BCUT2D eigenvalue weighted by atomic mass is 10.1. The number of aromatic carboxylic acids is 1. The summed E-state index contributed by atoms with van der Waals surface area (Å²) in [5.74, 6) is -1.19. The second-order valence-electron chi connectivity index (χ2n) is 9.55. The Morgan fingerprint density at radius 3 is 1.51 bits per heavy atom. The van der Waals surface area contributed by atoms with Crippen LogP contribution in [0.3, 0.4) is 0 Å². The second-order valence-corrected chi connectivity index (χ2v) is 10.4. The summed E-state index contributed by atoms with van der Waals surface area (Å²) in [6, 6.07) is 18.3. The smallest absolute Gasteiger partial charge is 0.416 e. The SMILES string of the molecule is CON(C)C(=O)c1cccc(COc2ccc(C(F)(F)F)cc2Cl)c1.O=C(O)c1cccc(COc2ccc(C(F)(F)F)cc2Cl)c1. The largest absolute Gasteiger partial charge is 0.487 e. The molecule has 0 saturated heterocycles. The van der Waals surface area contributed by atoms with E-state index < -0.39 is 29.4 Å². The number of benzene rings is 4. The van der Waals surface area contributed by atoms with Crippen molar-refractivity contribution in [3.05, 3.63) is 128 Å². The Labute approximate surface area is 274 Å². The zero-order valence-electron chi connectivity index (χ0n) is 24.5. The zero-order chi connectivity index (χ0) is 34.9. The van der Waals surface area contributed by atoms with Gasteiger partial charge in [-0.15, -0.1) is 0 Å². The van der Waals surface area contributed by atoms with Crippen molar-refractivity contribution in [1.29, 1.82) is 0 Å². The molecule has 250 valence electrons. The van der Waals surface area contributed by atoms with E-state index in [0.29, 0.717) is 16.7 Å². The van der Waals surface area contributed by atoms with Gasteiger partial charge in [0.1, 0.15) is 24.7 Å². The zero-order valence-corrected chi connectivity index (χ0v) is 26.0. The number of ether oxygens (including phenoxy) is 2. The summed E-state index contributed by atoms with van der Waals surface area (Å²) in [6.07, 6.45) is -8.94. The Kier molecular flexibility index (Phi) is 12.5. The summed E-state index contributed by atoms with van der Waals surface area (Å²) < 4.78 is 86.2. The quantitative estimate of drug-likeness (QED) is 0.138. The fourth-order valence-electron chi connectivity index (χ4n) is 3.76. The number of carbonyl (C=O) groups is 2. The van der Waals surface area contributed by atoms with Gasteiger partial charge in [0.2, 0.25) is 0 Å². The van der Waals surface area contributed by atoms with E-state index in [1.165, 1.54) is 32.4 Å². The molecule has 4 aromatic carbocycles. The van der Waals surface area contributed by atoms with Gasteiger partial charge in [-0.2, -0.15) is 26.3 Å². The fourth-order valence-corrected chi connectivity index (χ4v) is 4.23. The van der Waals surface area contributed by atoms with E-state index in [2.05, 4.69) is 0 Å². The molecule has 1 N–H and O–H groups in total. The van der Waals surface area contributed by atoms with Gasteiger partial charge in [-0.3, -0.25) is 9.63 Å². The van der Waals surface area contributed by atoms with Crippen LogP contribution in [0.5, 0.6) is 11.5 Å². The summed E-state index contributed by atoms with van der Waals surface area (Å²) in [6.45, 7) is 0.0368. The van der Waals surface area contributed by atoms with Crippen LogP contribution < -0.4 is 9.47 Å². The average Bonchev–Trinajstić information content (AvgIpc) is 3.02. The number of rotatable bonds is 9. The van der Waals surface area contributed by atoms with Gasteiger partial charge >= 0.3 is 18.3 Å². The van der Waals surface area contributed by atoms with Gasteiger partial charge in [0.05, 0.1) is 33.8 Å². The van der Waals surface area contributed by atoms with E-state index in [9.17, 15) is 35.9 Å². The minimum absolute atomic E-state index is 0.00773. The Bertz CT molecular complexity index is 1710. The molecule has 7 nitrogen and oxygen atoms in total. The molecule has 15 heteroatoms. The van der Waals surface area contributed by atoms with Crippen molar-refractivity contribution in [3.8, 4) is 11.5 Å². The number of halogens is 8. The molecule has 0 spiro atoms. The number of carboxylic acids is 1. The molecular weight excluding hydrogens is 679 g/mol. The first-order valence-corrected chi connectivity index (χ1v) is 14.0. The van der Waals surface area contributed by atoms with Crippen molar-refractivity contribution in [2.45, 2.75) is 25.6 Å². The van der Waals surface area contributed by atoms with E-state index >= 15 is 0 Å². The van der Waals surface area contributed by atoms with Gasteiger partial charge in [0.25, 0.3) is 5.91 Å². The highest BCUT2D eigenvalue weighted by molar-refractivity contribution is 6.32. The Balaban J connectivity index is 0.000000257. The molecule has 0 bridgehead atoms. The van der Waals surface area contributed by atoms with Crippen LogP contribution in [0.1, 0.15) is 43.0 Å². The molecule has 0 aliphatic carbocycles. The fraction of sp³-hybridized carbons (Fsp3) is 0.188. The lowest BCUT2D eigenvalue weighted by Crippen LogP contribution is -2.25. The van der Waals surface area contributed by atoms with Gasteiger partial charge in [0, 0.05) is 12.6 Å². The first-order valence-electron chi connectivity index (χ1n) is 13.2. The lowest BCUT2D eigenvalue weighted by molar-refractivity contribution is -0.138.